The maximum Gasteiger partial charge on any atom is 0.241 e. The number of sulfonamides is 1. The molecule has 1 aromatic rings. The first-order valence-electron chi connectivity index (χ1n) is 5.43. The summed E-state index contributed by atoms with van der Waals surface area (Å²) in [6, 6.07) is 2.27. The van der Waals surface area contributed by atoms with E-state index in [1.54, 1.807) is 13.0 Å². The minimum atomic E-state index is -3.30. The van der Waals surface area contributed by atoms with Gasteiger partial charge in [0.2, 0.25) is 10.0 Å². The minimum absolute atomic E-state index is 0.424. The van der Waals surface area contributed by atoms with Gasteiger partial charge in [-0.3, -0.25) is 0 Å². The topological polar surface area (TPSA) is 58.2 Å². The summed E-state index contributed by atoms with van der Waals surface area (Å²) in [5, 5.41) is 5.16. The summed E-state index contributed by atoms with van der Waals surface area (Å²) < 4.78 is 26.2. The van der Waals surface area contributed by atoms with Gasteiger partial charge in [0.25, 0.3) is 0 Å². The summed E-state index contributed by atoms with van der Waals surface area (Å²) in [7, 11) is -3.30. The van der Waals surface area contributed by atoms with Gasteiger partial charge in [0, 0.05) is 24.0 Å². The molecule has 1 aliphatic carbocycles. The van der Waals surface area contributed by atoms with Crippen LogP contribution in [0, 0.1) is 0 Å². The van der Waals surface area contributed by atoms with Crippen LogP contribution >= 0.6 is 11.3 Å². The second-order valence-corrected chi connectivity index (χ2v) is 6.60. The molecule has 0 aromatic carbocycles. The van der Waals surface area contributed by atoms with Crippen molar-refractivity contribution in [1.29, 1.82) is 0 Å². The van der Waals surface area contributed by atoms with E-state index in [1.807, 2.05) is 5.38 Å². The standard InChI is InChI=1S/C10H16N2O2S2/c1-2-12-16(13,14)10-5-6-15-9(10)7-11-8-3-4-8/h5-6,8,11-12H,2-4,7H2,1H3. The van der Waals surface area contributed by atoms with Crippen LogP contribution in [0.1, 0.15) is 24.6 Å². The number of thiophene rings is 1. The number of nitrogens with one attached hydrogen (secondary N) is 2. The second-order valence-electron chi connectivity index (χ2n) is 3.86. The second kappa shape index (κ2) is 4.83. The molecule has 0 unspecified atom stereocenters. The lowest BCUT2D eigenvalue weighted by molar-refractivity contribution is 0.582. The Bertz CT molecular complexity index is 449. The van der Waals surface area contributed by atoms with Crippen molar-refractivity contribution in [3.8, 4) is 0 Å². The van der Waals surface area contributed by atoms with Gasteiger partial charge < -0.3 is 5.32 Å². The van der Waals surface area contributed by atoms with Crippen molar-refractivity contribution in [1.82, 2.24) is 10.0 Å². The summed E-state index contributed by atoms with van der Waals surface area (Å²) in [5.41, 5.74) is 0. The lowest BCUT2D eigenvalue weighted by Gasteiger charge is -2.06. The molecule has 0 atom stereocenters. The maximum absolute atomic E-state index is 11.8. The summed E-state index contributed by atoms with van der Waals surface area (Å²) >= 11 is 1.49. The van der Waals surface area contributed by atoms with Crippen LogP contribution in [0.15, 0.2) is 16.3 Å². The highest BCUT2D eigenvalue weighted by atomic mass is 32.2. The first-order chi connectivity index (χ1) is 7.63. The Kier molecular flexibility index (Phi) is 3.63. The van der Waals surface area contributed by atoms with Gasteiger partial charge in [-0.25, -0.2) is 13.1 Å². The van der Waals surface area contributed by atoms with Crippen molar-refractivity contribution in [2.75, 3.05) is 6.54 Å². The molecule has 2 N–H and O–H groups in total. The van der Waals surface area contributed by atoms with Crippen molar-refractivity contribution in [2.24, 2.45) is 0 Å². The Morgan fingerprint density at radius 3 is 2.88 bits per heavy atom. The molecule has 16 heavy (non-hydrogen) atoms. The van der Waals surface area contributed by atoms with E-state index in [-0.39, 0.29) is 0 Å². The van der Waals surface area contributed by atoms with E-state index in [0.29, 0.717) is 24.0 Å². The molecule has 0 amide bonds. The molecule has 1 fully saturated rings. The third-order valence-corrected chi connectivity index (χ3v) is 5.14. The van der Waals surface area contributed by atoms with Gasteiger partial charge >= 0.3 is 0 Å². The fourth-order valence-corrected chi connectivity index (χ4v) is 3.92. The SMILES string of the molecule is CCNS(=O)(=O)c1ccsc1CNC1CC1. The molecule has 0 bridgehead atoms. The monoisotopic (exact) mass is 260 g/mol. The average Bonchev–Trinajstić information content (AvgIpc) is 2.92. The van der Waals surface area contributed by atoms with E-state index in [9.17, 15) is 8.42 Å². The molecule has 0 radical (unpaired) electrons. The van der Waals surface area contributed by atoms with Crippen molar-refractivity contribution in [3.63, 3.8) is 0 Å². The highest BCUT2D eigenvalue weighted by Gasteiger charge is 2.23. The lowest BCUT2D eigenvalue weighted by atomic mass is 10.4. The van der Waals surface area contributed by atoms with Gasteiger partial charge in [0.1, 0.15) is 0 Å². The Hall–Kier alpha value is -0.430. The fraction of sp³-hybridized carbons (Fsp3) is 0.600. The van der Waals surface area contributed by atoms with Crippen LogP contribution in [0.25, 0.3) is 0 Å². The van der Waals surface area contributed by atoms with Crippen LogP contribution in [0.4, 0.5) is 0 Å². The summed E-state index contributed by atoms with van der Waals surface area (Å²) in [6.07, 6.45) is 2.42. The smallest absolute Gasteiger partial charge is 0.241 e. The molecule has 4 nitrogen and oxygen atoms in total. The Morgan fingerprint density at radius 1 is 1.50 bits per heavy atom. The van der Waals surface area contributed by atoms with Crippen molar-refractivity contribution in [2.45, 2.75) is 37.2 Å². The lowest BCUT2D eigenvalue weighted by Crippen LogP contribution is -2.24. The van der Waals surface area contributed by atoms with Crippen LogP contribution in [0.5, 0.6) is 0 Å². The molecule has 1 aliphatic rings. The van der Waals surface area contributed by atoms with Crippen LogP contribution in [-0.2, 0) is 16.6 Å². The molecule has 0 aliphatic heterocycles. The van der Waals surface area contributed by atoms with E-state index < -0.39 is 10.0 Å². The fourth-order valence-electron chi connectivity index (χ4n) is 1.49. The number of rotatable bonds is 6. The largest absolute Gasteiger partial charge is 0.309 e. The molecular formula is C10H16N2O2S2. The normalized spacial score (nSPS) is 16.6. The molecule has 1 heterocycles. The predicted octanol–water partition coefficient (Wildman–Crippen LogP) is 1.30. The summed E-state index contributed by atoms with van der Waals surface area (Å²) in [4.78, 5) is 1.32. The number of hydrogen-bond donors (Lipinski definition) is 2. The van der Waals surface area contributed by atoms with E-state index in [2.05, 4.69) is 10.0 Å². The van der Waals surface area contributed by atoms with Crippen molar-refractivity contribution < 1.29 is 8.42 Å². The van der Waals surface area contributed by atoms with E-state index in [1.165, 1.54) is 24.2 Å². The first-order valence-corrected chi connectivity index (χ1v) is 7.79. The molecule has 0 saturated heterocycles. The summed E-state index contributed by atoms with van der Waals surface area (Å²) in [6.45, 7) is 2.86. The number of hydrogen-bond acceptors (Lipinski definition) is 4. The maximum atomic E-state index is 11.8. The zero-order valence-corrected chi connectivity index (χ0v) is 10.8. The molecule has 0 spiro atoms. The average molecular weight is 260 g/mol. The molecule has 90 valence electrons. The molecule has 1 saturated carbocycles. The quantitative estimate of drug-likeness (QED) is 0.810. The Balaban J connectivity index is 2.10. The highest BCUT2D eigenvalue weighted by molar-refractivity contribution is 7.89. The minimum Gasteiger partial charge on any atom is -0.309 e. The van der Waals surface area contributed by atoms with Gasteiger partial charge in [-0.2, -0.15) is 0 Å². The van der Waals surface area contributed by atoms with Crippen molar-refractivity contribution >= 4 is 21.4 Å². The van der Waals surface area contributed by atoms with Crippen LogP contribution in [0.3, 0.4) is 0 Å². The van der Waals surface area contributed by atoms with Crippen LogP contribution in [0.2, 0.25) is 0 Å². The Morgan fingerprint density at radius 2 is 2.25 bits per heavy atom. The van der Waals surface area contributed by atoms with Crippen LogP contribution < -0.4 is 10.0 Å². The summed E-state index contributed by atoms with van der Waals surface area (Å²) in [5.74, 6) is 0. The zero-order valence-electron chi connectivity index (χ0n) is 9.19. The van der Waals surface area contributed by atoms with Gasteiger partial charge in [0.15, 0.2) is 0 Å². The predicted molar refractivity (Wildman–Crippen MR) is 65.0 cm³/mol. The van der Waals surface area contributed by atoms with Gasteiger partial charge in [0.05, 0.1) is 4.90 Å². The molecule has 2 rings (SSSR count). The van der Waals surface area contributed by atoms with E-state index in [0.717, 1.165) is 4.88 Å². The zero-order chi connectivity index (χ0) is 11.6. The highest BCUT2D eigenvalue weighted by Crippen LogP contribution is 2.24. The van der Waals surface area contributed by atoms with E-state index >= 15 is 0 Å². The Labute approximate surface area is 100 Å². The van der Waals surface area contributed by atoms with Gasteiger partial charge in [-0.15, -0.1) is 11.3 Å². The molecular weight excluding hydrogens is 244 g/mol. The molecule has 6 heteroatoms. The van der Waals surface area contributed by atoms with Gasteiger partial charge in [-0.1, -0.05) is 6.92 Å². The van der Waals surface area contributed by atoms with E-state index in [4.69, 9.17) is 0 Å². The third kappa shape index (κ3) is 2.82. The third-order valence-electron chi connectivity index (χ3n) is 2.46. The first kappa shape index (κ1) is 12.0. The van der Waals surface area contributed by atoms with Crippen LogP contribution in [-0.4, -0.2) is 21.0 Å². The van der Waals surface area contributed by atoms with Gasteiger partial charge in [-0.05, 0) is 24.3 Å². The molecule has 1 aromatic heterocycles. The van der Waals surface area contributed by atoms with Crippen molar-refractivity contribution in [3.05, 3.63) is 16.3 Å².